The van der Waals surface area contributed by atoms with Gasteiger partial charge in [-0.2, -0.15) is 0 Å². The highest BCUT2D eigenvalue weighted by atomic mass is 16.6. The minimum absolute atomic E-state index is 0.0941. The zero-order chi connectivity index (χ0) is 41.5. The molecule has 0 saturated carbocycles. The van der Waals surface area contributed by atoms with Crippen molar-refractivity contribution < 1.29 is 28.6 Å². The third-order valence-corrected chi connectivity index (χ3v) is 9.55. The second kappa shape index (κ2) is 45.3. The molecule has 0 radical (unpaired) electrons. The van der Waals surface area contributed by atoms with Crippen molar-refractivity contribution in [1.82, 2.24) is 0 Å². The Morgan fingerprint density at radius 2 is 0.702 bits per heavy atom. The molecule has 0 heterocycles. The summed E-state index contributed by atoms with van der Waals surface area (Å²) in [5, 5.41) is 0. The average molecular weight is 793 g/mol. The molecule has 1 unspecified atom stereocenters. The summed E-state index contributed by atoms with van der Waals surface area (Å²) in [7, 11) is 0. The Bertz CT molecular complexity index is 1140. The fourth-order valence-corrected chi connectivity index (χ4v) is 6.05. The molecule has 0 aliphatic carbocycles. The monoisotopic (exact) mass is 793 g/mol. The van der Waals surface area contributed by atoms with Crippen LogP contribution in [0.15, 0.2) is 85.1 Å². The maximum Gasteiger partial charge on any atom is 0.306 e. The number of carbonyl (C=O) groups excluding carboxylic acids is 3. The van der Waals surface area contributed by atoms with Gasteiger partial charge in [0.2, 0.25) is 0 Å². The van der Waals surface area contributed by atoms with Crippen molar-refractivity contribution in [2.24, 2.45) is 0 Å². The summed E-state index contributed by atoms with van der Waals surface area (Å²) >= 11 is 0. The molecule has 0 N–H and O–H groups in total. The van der Waals surface area contributed by atoms with Crippen LogP contribution in [0, 0.1) is 0 Å². The summed E-state index contributed by atoms with van der Waals surface area (Å²) < 4.78 is 16.7. The van der Waals surface area contributed by atoms with Gasteiger partial charge >= 0.3 is 17.9 Å². The van der Waals surface area contributed by atoms with Crippen molar-refractivity contribution in [2.45, 2.75) is 207 Å². The van der Waals surface area contributed by atoms with Gasteiger partial charge in [0.1, 0.15) is 13.2 Å². The van der Waals surface area contributed by atoms with Crippen molar-refractivity contribution in [1.29, 1.82) is 0 Å². The zero-order valence-electron chi connectivity index (χ0n) is 36.8. The van der Waals surface area contributed by atoms with Crippen LogP contribution in [0.25, 0.3) is 0 Å². The first kappa shape index (κ1) is 53.6. The number of hydrogen-bond donors (Lipinski definition) is 0. The van der Waals surface area contributed by atoms with Gasteiger partial charge in [0.25, 0.3) is 0 Å². The van der Waals surface area contributed by atoms with E-state index < -0.39 is 6.10 Å². The first-order valence-electron chi connectivity index (χ1n) is 23.2. The Hall–Kier alpha value is -3.41. The molecule has 0 amide bonds. The van der Waals surface area contributed by atoms with E-state index in [0.717, 1.165) is 83.5 Å². The van der Waals surface area contributed by atoms with Gasteiger partial charge in [-0.1, -0.05) is 202 Å². The number of rotatable bonds is 40. The van der Waals surface area contributed by atoms with Crippen LogP contribution in [0.4, 0.5) is 0 Å². The largest absolute Gasteiger partial charge is 0.462 e. The molecular weight excluding hydrogens is 709 g/mol. The molecule has 0 bridgehead atoms. The van der Waals surface area contributed by atoms with Crippen LogP contribution in [-0.2, 0) is 28.6 Å². The number of ether oxygens (including phenoxy) is 3. The predicted molar refractivity (Wildman–Crippen MR) is 242 cm³/mol. The van der Waals surface area contributed by atoms with Crippen molar-refractivity contribution in [2.75, 3.05) is 13.2 Å². The van der Waals surface area contributed by atoms with E-state index >= 15 is 0 Å². The lowest BCUT2D eigenvalue weighted by Gasteiger charge is -2.18. The Kier molecular flexibility index (Phi) is 42.6. The topological polar surface area (TPSA) is 78.9 Å². The summed E-state index contributed by atoms with van der Waals surface area (Å²) in [5.74, 6) is -0.957. The Balaban J connectivity index is 4.48. The van der Waals surface area contributed by atoms with Crippen LogP contribution in [0.1, 0.15) is 201 Å². The van der Waals surface area contributed by atoms with E-state index in [1.165, 1.54) is 77.0 Å². The summed E-state index contributed by atoms with van der Waals surface area (Å²) in [6.07, 6.45) is 57.0. The molecule has 6 heteroatoms. The fraction of sp³-hybridized carbons (Fsp3) is 0.667. The SMILES string of the molecule is CC\C=C/C=C\C=C/C=C\C=C\C=C/CCCCCC(=O)OCC(COC(=O)CCCCCCCCCCCC)OC(=O)CCCCCCC/C=C\CCCCC. The molecule has 0 rings (SSSR count). The lowest BCUT2D eigenvalue weighted by Crippen LogP contribution is -2.30. The summed E-state index contributed by atoms with van der Waals surface area (Å²) in [6, 6.07) is 0. The van der Waals surface area contributed by atoms with E-state index in [2.05, 4.69) is 45.1 Å². The van der Waals surface area contributed by atoms with Crippen LogP contribution in [0.5, 0.6) is 0 Å². The van der Waals surface area contributed by atoms with Gasteiger partial charge in [-0.25, -0.2) is 0 Å². The second-order valence-corrected chi connectivity index (χ2v) is 15.1. The van der Waals surface area contributed by atoms with Crippen molar-refractivity contribution >= 4 is 17.9 Å². The molecule has 0 aromatic rings. The van der Waals surface area contributed by atoms with E-state index in [9.17, 15) is 14.4 Å². The van der Waals surface area contributed by atoms with E-state index in [-0.39, 0.29) is 31.1 Å². The van der Waals surface area contributed by atoms with Crippen LogP contribution in [-0.4, -0.2) is 37.2 Å². The molecule has 1 atom stereocenters. The fourth-order valence-electron chi connectivity index (χ4n) is 6.05. The van der Waals surface area contributed by atoms with Gasteiger partial charge in [-0.05, 0) is 64.2 Å². The van der Waals surface area contributed by atoms with Gasteiger partial charge in [0.05, 0.1) is 0 Å². The van der Waals surface area contributed by atoms with Gasteiger partial charge in [-0.3, -0.25) is 14.4 Å². The summed E-state index contributed by atoms with van der Waals surface area (Å²) in [5.41, 5.74) is 0. The number of hydrogen-bond acceptors (Lipinski definition) is 6. The average Bonchev–Trinajstić information content (AvgIpc) is 3.21. The van der Waals surface area contributed by atoms with Crippen molar-refractivity contribution in [3.8, 4) is 0 Å². The molecular formula is C51H84O6. The third-order valence-electron chi connectivity index (χ3n) is 9.55. The van der Waals surface area contributed by atoms with Crippen LogP contribution < -0.4 is 0 Å². The third kappa shape index (κ3) is 43.6. The number of allylic oxidation sites excluding steroid dienone is 14. The van der Waals surface area contributed by atoms with E-state index in [4.69, 9.17) is 14.2 Å². The lowest BCUT2D eigenvalue weighted by atomic mass is 10.1. The molecule has 6 nitrogen and oxygen atoms in total. The smallest absolute Gasteiger partial charge is 0.306 e. The normalized spacial score (nSPS) is 12.8. The Labute approximate surface area is 350 Å². The maximum atomic E-state index is 12.7. The molecule has 0 saturated heterocycles. The van der Waals surface area contributed by atoms with Crippen LogP contribution >= 0.6 is 0 Å². The van der Waals surface area contributed by atoms with Crippen LogP contribution in [0.2, 0.25) is 0 Å². The lowest BCUT2D eigenvalue weighted by molar-refractivity contribution is -0.167. The predicted octanol–water partition coefficient (Wildman–Crippen LogP) is 14.9. The minimum Gasteiger partial charge on any atom is -0.462 e. The minimum atomic E-state index is -0.795. The molecule has 0 aromatic carbocycles. The number of unbranched alkanes of at least 4 members (excludes halogenated alkanes) is 20. The summed E-state index contributed by atoms with van der Waals surface area (Å²) in [4.78, 5) is 37.7. The highest BCUT2D eigenvalue weighted by Crippen LogP contribution is 2.13. The van der Waals surface area contributed by atoms with Gasteiger partial charge in [0.15, 0.2) is 6.10 Å². The Morgan fingerprint density at radius 1 is 0.368 bits per heavy atom. The standard InChI is InChI=1S/C51H84O6/c1-4-7-10-13-16-19-22-24-25-26-27-28-30-32-35-38-41-44-50(53)56-47-48(46-55-49(52)43-40-37-34-31-21-18-15-12-9-6-3)57-51(54)45-42-39-36-33-29-23-20-17-14-11-8-5-2/h7,10,13,16-17,19-20,22,24-28,30,48H,4-6,8-9,11-12,14-15,18,21,23,29,31-47H2,1-3H3/b10-7-,16-13-,20-17-,22-19-,25-24-,27-26+,30-28-. The molecule has 0 spiro atoms. The highest BCUT2D eigenvalue weighted by Gasteiger charge is 2.19. The maximum absolute atomic E-state index is 12.7. The Morgan fingerprint density at radius 3 is 1.18 bits per heavy atom. The second-order valence-electron chi connectivity index (χ2n) is 15.1. The van der Waals surface area contributed by atoms with Crippen molar-refractivity contribution in [3.05, 3.63) is 85.1 Å². The first-order chi connectivity index (χ1) is 28.0. The van der Waals surface area contributed by atoms with E-state index in [1.54, 1.807) is 0 Å². The highest BCUT2D eigenvalue weighted by molar-refractivity contribution is 5.71. The van der Waals surface area contributed by atoms with E-state index in [1.807, 2.05) is 60.8 Å². The quantitative estimate of drug-likeness (QED) is 0.0202. The first-order valence-corrected chi connectivity index (χ1v) is 23.2. The van der Waals surface area contributed by atoms with Crippen molar-refractivity contribution in [3.63, 3.8) is 0 Å². The molecule has 0 aliphatic heterocycles. The molecule has 0 fully saturated rings. The molecule has 0 aliphatic rings. The number of carbonyl (C=O) groups is 3. The van der Waals surface area contributed by atoms with Gasteiger partial charge in [-0.15, -0.1) is 0 Å². The van der Waals surface area contributed by atoms with Crippen LogP contribution in [0.3, 0.4) is 0 Å². The number of esters is 3. The molecule has 324 valence electrons. The van der Waals surface area contributed by atoms with E-state index in [0.29, 0.717) is 19.3 Å². The molecule has 0 aromatic heterocycles. The summed E-state index contributed by atoms with van der Waals surface area (Å²) in [6.45, 7) is 6.39. The van der Waals surface area contributed by atoms with Gasteiger partial charge in [0, 0.05) is 19.3 Å². The zero-order valence-corrected chi connectivity index (χ0v) is 36.8. The van der Waals surface area contributed by atoms with Gasteiger partial charge < -0.3 is 14.2 Å². The molecule has 57 heavy (non-hydrogen) atoms.